The maximum Gasteiger partial charge on any atom is 0.328 e. The fourth-order valence-electron chi connectivity index (χ4n) is 3.03. The van der Waals surface area contributed by atoms with Gasteiger partial charge in [0.1, 0.15) is 0 Å². The van der Waals surface area contributed by atoms with Gasteiger partial charge in [-0.2, -0.15) is 0 Å². The molecular weight excluding hydrogens is 266 g/mol. The highest BCUT2D eigenvalue weighted by Crippen LogP contribution is 2.25. The summed E-state index contributed by atoms with van der Waals surface area (Å²) < 4.78 is 0. The van der Waals surface area contributed by atoms with Crippen LogP contribution in [0.3, 0.4) is 0 Å². The number of benzene rings is 1. The van der Waals surface area contributed by atoms with Crippen LogP contribution in [-0.4, -0.2) is 41.9 Å². The number of carbonyl (C=O) groups is 2. The summed E-state index contributed by atoms with van der Waals surface area (Å²) in [6, 6.07) is 7.33. The number of urea groups is 1. The first kappa shape index (κ1) is 14.1. The van der Waals surface area contributed by atoms with Crippen LogP contribution >= 0.6 is 0 Å². The van der Waals surface area contributed by atoms with Crippen LogP contribution in [0.1, 0.15) is 24.8 Å². The molecule has 2 aliphatic heterocycles. The summed E-state index contributed by atoms with van der Waals surface area (Å²) in [7, 11) is 2.10. The van der Waals surface area contributed by atoms with E-state index in [1.165, 1.54) is 4.90 Å². The van der Waals surface area contributed by atoms with Crippen molar-refractivity contribution in [2.45, 2.75) is 25.8 Å². The van der Waals surface area contributed by atoms with E-state index in [1.54, 1.807) is 0 Å². The molecule has 21 heavy (non-hydrogen) atoms. The zero-order valence-corrected chi connectivity index (χ0v) is 12.3. The highest BCUT2D eigenvalue weighted by molar-refractivity contribution is 6.03. The van der Waals surface area contributed by atoms with Crippen molar-refractivity contribution < 1.29 is 9.59 Å². The van der Waals surface area contributed by atoms with Crippen LogP contribution < -0.4 is 5.32 Å². The Morgan fingerprint density at radius 2 is 2.00 bits per heavy atom. The van der Waals surface area contributed by atoms with Crippen molar-refractivity contribution in [2.24, 2.45) is 5.92 Å². The highest BCUT2D eigenvalue weighted by atomic mass is 16.2. The van der Waals surface area contributed by atoms with E-state index in [-0.39, 0.29) is 11.9 Å². The van der Waals surface area contributed by atoms with E-state index >= 15 is 0 Å². The van der Waals surface area contributed by atoms with Gasteiger partial charge in [0, 0.05) is 12.1 Å². The molecule has 0 spiro atoms. The molecule has 0 unspecified atom stereocenters. The molecule has 112 valence electrons. The van der Waals surface area contributed by atoms with Gasteiger partial charge in [-0.05, 0) is 50.5 Å². The summed E-state index contributed by atoms with van der Waals surface area (Å²) in [5.74, 6) is 0.343. The van der Waals surface area contributed by atoms with Gasteiger partial charge >= 0.3 is 6.03 Å². The van der Waals surface area contributed by atoms with Gasteiger partial charge in [-0.1, -0.05) is 18.2 Å². The van der Waals surface area contributed by atoms with Crippen LogP contribution in [0.2, 0.25) is 0 Å². The molecule has 3 amide bonds. The van der Waals surface area contributed by atoms with Crippen LogP contribution in [0.4, 0.5) is 10.5 Å². The zero-order chi connectivity index (χ0) is 14.8. The van der Waals surface area contributed by atoms with Crippen molar-refractivity contribution in [1.29, 1.82) is 0 Å². The first-order chi connectivity index (χ1) is 10.1. The van der Waals surface area contributed by atoms with Gasteiger partial charge in [-0.15, -0.1) is 0 Å². The van der Waals surface area contributed by atoms with E-state index < -0.39 is 0 Å². The minimum Gasteiger partial charge on any atom is -0.307 e. The van der Waals surface area contributed by atoms with Gasteiger partial charge in [0.05, 0.1) is 6.54 Å². The van der Waals surface area contributed by atoms with Gasteiger partial charge in [-0.25, -0.2) is 4.79 Å². The minimum atomic E-state index is -0.299. The number of hydrogen-bond acceptors (Lipinski definition) is 3. The van der Waals surface area contributed by atoms with Crippen molar-refractivity contribution in [3.05, 3.63) is 29.8 Å². The van der Waals surface area contributed by atoms with Crippen LogP contribution in [0, 0.1) is 5.92 Å². The molecule has 1 aromatic carbocycles. The van der Waals surface area contributed by atoms with Gasteiger partial charge in [-0.3, -0.25) is 9.69 Å². The lowest BCUT2D eigenvalue weighted by molar-refractivity contribution is -0.129. The van der Waals surface area contributed by atoms with E-state index in [1.807, 2.05) is 24.3 Å². The van der Waals surface area contributed by atoms with Crippen LogP contribution in [0.25, 0.3) is 0 Å². The normalized spacial score (nSPS) is 20.0. The molecule has 1 fully saturated rings. The number of rotatable bonds is 2. The third-order valence-electron chi connectivity index (χ3n) is 4.44. The predicted molar refractivity (Wildman–Crippen MR) is 80.8 cm³/mol. The smallest absolute Gasteiger partial charge is 0.307 e. The molecule has 1 N–H and O–H groups in total. The predicted octanol–water partition coefficient (Wildman–Crippen LogP) is 2.29. The Bertz CT molecular complexity index is 550. The number of fused-ring (bicyclic) bond motifs is 1. The summed E-state index contributed by atoms with van der Waals surface area (Å²) in [5, 5.41) is 2.79. The van der Waals surface area contributed by atoms with E-state index in [0.29, 0.717) is 18.9 Å². The Morgan fingerprint density at radius 1 is 1.29 bits per heavy atom. The molecule has 0 aromatic heterocycles. The quantitative estimate of drug-likeness (QED) is 0.908. The molecular formula is C16H21N3O2. The number of nitrogens with one attached hydrogen (secondary N) is 1. The summed E-state index contributed by atoms with van der Waals surface area (Å²) in [6.45, 7) is 2.45. The molecule has 0 bridgehead atoms. The number of carbonyl (C=O) groups excluding carboxylic acids is 2. The third kappa shape index (κ3) is 3.08. The van der Waals surface area contributed by atoms with Gasteiger partial charge in [0.25, 0.3) is 0 Å². The van der Waals surface area contributed by atoms with Crippen molar-refractivity contribution in [3.63, 3.8) is 0 Å². The van der Waals surface area contributed by atoms with Gasteiger partial charge < -0.3 is 10.2 Å². The van der Waals surface area contributed by atoms with E-state index in [9.17, 15) is 9.59 Å². The number of imide groups is 1. The lowest BCUT2D eigenvalue weighted by Crippen LogP contribution is -2.44. The van der Waals surface area contributed by atoms with Crippen LogP contribution in [-0.2, 0) is 11.3 Å². The van der Waals surface area contributed by atoms with E-state index in [4.69, 9.17) is 0 Å². The summed E-state index contributed by atoms with van der Waals surface area (Å²) in [4.78, 5) is 28.1. The Kier molecular flexibility index (Phi) is 3.92. The molecule has 0 saturated carbocycles. The van der Waals surface area contributed by atoms with Crippen molar-refractivity contribution in [2.75, 3.05) is 25.5 Å². The average Bonchev–Trinajstić information content (AvgIpc) is 2.49. The molecule has 5 heteroatoms. The number of anilines is 1. The van der Waals surface area contributed by atoms with Gasteiger partial charge in [0.2, 0.25) is 5.91 Å². The second-order valence-corrected chi connectivity index (χ2v) is 6.02. The number of hydrogen-bond donors (Lipinski definition) is 1. The van der Waals surface area contributed by atoms with Crippen LogP contribution in [0.5, 0.6) is 0 Å². The first-order valence-electron chi connectivity index (χ1n) is 7.51. The lowest BCUT2D eigenvalue weighted by Gasteiger charge is -2.32. The van der Waals surface area contributed by atoms with Crippen molar-refractivity contribution >= 4 is 17.6 Å². The number of likely N-dealkylation sites (tertiary alicyclic amines) is 1. The maximum atomic E-state index is 12.4. The Labute approximate surface area is 124 Å². The molecule has 5 nitrogen and oxygen atoms in total. The summed E-state index contributed by atoms with van der Waals surface area (Å²) in [6.07, 6.45) is 2.55. The molecule has 0 aliphatic carbocycles. The Balaban J connectivity index is 1.64. The topological polar surface area (TPSA) is 52.7 Å². The molecule has 3 rings (SSSR count). The number of piperidine rings is 1. The van der Waals surface area contributed by atoms with Crippen molar-refractivity contribution in [1.82, 2.24) is 9.80 Å². The Hall–Kier alpha value is -1.88. The largest absolute Gasteiger partial charge is 0.328 e. The molecule has 2 aliphatic rings. The monoisotopic (exact) mass is 287 g/mol. The number of nitrogens with zero attached hydrogens (tertiary/aromatic N) is 2. The highest BCUT2D eigenvalue weighted by Gasteiger charge is 2.29. The van der Waals surface area contributed by atoms with Crippen LogP contribution in [0.15, 0.2) is 24.3 Å². The standard InChI is InChI=1S/C16H21N3O2/c1-18-8-6-12(7-9-18)10-15(20)19-11-13-4-2-3-5-14(13)17-16(19)21/h2-5,12H,6-11H2,1H3,(H,17,21). The molecule has 0 atom stereocenters. The van der Waals surface area contributed by atoms with Crippen molar-refractivity contribution in [3.8, 4) is 0 Å². The first-order valence-corrected chi connectivity index (χ1v) is 7.51. The van der Waals surface area contributed by atoms with Gasteiger partial charge in [0.15, 0.2) is 0 Å². The second kappa shape index (κ2) is 5.85. The average molecular weight is 287 g/mol. The zero-order valence-electron chi connectivity index (χ0n) is 12.3. The third-order valence-corrected chi connectivity index (χ3v) is 4.44. The lowest BCUT2D eigenvalue weighted by atomic mass is 9.93. The number of amides is 3. The number of para-hydroxylation sites is 1. The SMILES string of the molecule is CN1CCC(CC(=O)N2Cc3ccccc3NC2=O)CC1. The van der Waals surface area contributed by atoms with E-state index in [2.05, 4.69) is 17.3 Å². The summed E-state index contributed by atoms with van der Waals surface area (Å²) >= 11 is 0. The minimum absolute atomic E-state index is 0.0587. The molecule has 0 radical (unpaired) electrons. The molecule has 2 heterocycles. The molecule has 1 saturated heterocycles. The fraction of sp³-hybridized carbons (Fsp3) is 0.500. The fourth-order valence-corrected chi connectivity index (χ4v) is 3.03. The van der Waals surface area contributed by atoms with E-state index in [0.717, 1.165) is 37.2 Å². The Morgan fingerprint density at radius 3 is 2.76 bits per heavy atom. The molecule has 1 aromatic rings. The maximum absolute atomic E-state index is 12.4. The second-order valence-electron chi connectivity index (χ2n) is 6.02. The summed E-state index contributed by atoms with van der Waals surface area (Å²) in [5.41, 5.74) is 1.81.